The van der Waals surface area contributed by atoms with Gasteiger partial charge in [-0.15, -0.1) is 0 Å². The number of likely N-dealkylation sites (N-methyl/N-ethyl adjacent to an activating group) is 1. The first-order valence-electron chi connectivity index (χ1n) is 12.3. The molecule has 3 aliphatic rings. The predicted octanol–water partition coefficient (Wildman–Crippen LogP) is 2.24. The lowest BCUT2D eigenvalue weighted by atomic mass is 9.57. The number of rotatable bonds is 6. The number of ketones is 2. The molecule has 0 amide bonds. The third kappa shape index (κ3) is 4.00. The Kier molecular flexibility index (Phi) is 6.48. The van der Waals surface area contributed by atoms with Crippen molar-refractivity contribution in [2.75, 3.05) is 20.6 Å². The highest BCUT2D eigenvalue weighted by Crippen LogP contribution is 2.52. The number of carbonyl (C=O) groups is 2. The molecule has 3 N–H and O–H groups in total. The minimum Gasteiger partial charge on any atom is -0.508 e. The van der Waals surface area contributed by atoms with E-state index in [-0.39, 0.29) is 46.7 Å². The number of hydrogen-bond donors (Lipinski definition) is 3. The van der Waals surface area contributed by atoms with Crippen LogP contribution in [0.3, 0.4) is 0 Å². The Hall–Kier alpha value is -3.80. The van der Waals surface area contributed by atoms with Crippen LogP contribution in [0, 0.1) is 11.8 Å². The van der Waals surface area contributed by atoms with Crippen molar-refractivity contribution in [3.8, 4) is 5.75 Å². The Morgan fingerprint density at radius 2 is 1.79 bits per heavy atom. The fourth-order valence-electron chi connectivity index (χ4n) is 6.09. The standard InChI is InChI=1S/C28H28N2O8S/c1-29-14-18-24(31)23(30(2)3)19-13-16-12-15-8-7-11-20(38-39(36,37)17-9-5-4-6-10-17)21(15)25(32)22(16)27(34)28(19,35)26(18)33/h4-11,16,19,23,32-33,35H,1,12-14H2,2-3H3/t16-,19-,23-,28+/m0/s1. The monoisotopic (exact) mass is 552 g/mol. The molecule has 39 heavy (non-hydrogen) atoms. The fraction of sp³-hybridized carbons (Fsp3) is 0.321. The smallest absolute Gasteiger partial charge is 0.339 e. The summed E-state index contributed by atoms with van der Waals surface area (Å²) >= 11 is 0. The largest absolute Gasteiger partial charge is 0.508 e. The van der Waals surface area contributed by atoms with E-state index in [1.807, 2.05) is 0 Å². The van der Waals surface area contributed by atoms with Gasteiger partial charge in [-0.3, -0.25) is 19.5 Å². The molecule has 4 atom stereocenters. The molecule has 1 fully saturated rings. The van der Waals surface area contributed by atoms with Crippen LogP contribution in [0.5, 0.6) is 5.75 Å². The van der Waals surface area contributed by atoms with Crippen molar-refractivity contribution < 1.29 is 37.5 Å². The molecule has 2 aromatic rings. The van der Waals surface area contributed by atoms with Gasteiger partial charge in [0.2, 0.25) is 5.78 Å². The fourth-order valence-corrected chi connectivity index (χ4v) is 7.05. The zero-order valence-electron chi connectivity index (χ0n) is 21.4. The van der Waals surface area contributed by atoms with E-state index in [0.29, 0.717) is 5.56 Å². The summed E-state index contributed by atoms with van der Waals surface area (Å²) in [6.07, 6.45) is 0.317. The third-order valence-corrected chi connectivity index (χ3v) is 9.05. The zero-order chi connectivity index (χ0) is 28.3. The number of hydrogen-bond acceptors (Lipinski definition) is 10. The van der Waals surface area contributed by atoms with Crippen molar-refractivity contribution in [1.29, 1.82) is 0 Å². The van der Waals surface area contributed by atoms with Crippen molar-refractivity contribution in [3.63, 3.8) is 0 Å². The van der Waals surface area contributed by atoms with E-state index in [2.05, 4.69) is 11.7 Å². The van der Waals surface area contributed by atoms with Crippen LogP contribution in [0.15, 0.2) is 75.3 Å². The Bertz CT molecular complexity index is 1560. The summed E-state index contributed by atoms with van der Waals surface area (Å²) < 4.78 is 31.3. The molecule has 3 aliphatic carbocycles. The number of nitrogens with zero attached hydrogens (tertiary/aromatic N) is 2. The van der Waals surface area contributed by atoms with Crippen molar-refractivity contribution in [2.24, 2.45) is 16.8 Å². The van der Waals surface area contributed by atoms with Crippen LogP contribution in [-0.2, 0) is 26.1 Å². The van der Waals surface area contributed by atoms with E-state index in [0.717, 1.165) is 0 Å². The van der Waals surface area contributed by atoms with E-state index in [9.17, 15) is 33.3 Å². The van der Waals surface area contributed by atoms with Gasteiger partial charge >= 0.3 is 10.1 Å². The molecular formula is C28H28N2O8S. The summed E-state index contributed by atoms with van der Waals surface area (Å²) in [4.78, 5) is 32.5. The Morgan fingerprint density at radius 3 is 2.44 bits per heavy atom. The summed E-state index contributed by atoms with van der Waals surface area (Å²) in [6.45, 7) is 3.06. The van der Waals surface area contributed by atoms with Crippen LogP contribution < -0.4 is 4.18 Å². The molecule has 5 rings (SSSR count). The molecule has 0 heterocycles. The average molecular weight is 553 g/mol. The number of carbonyl (C=O) groups excluding carboxylic acids is 2. The second-order valence-electron chi connectivity index (χ2n) is 10.2. The maximum atomic E-state index is 14.0. The quantitative estimate of drug-likeness (QED) is 0.362. The summed E-state index contributed by atoms with van der Waals surface area (Å²) in [7, 11) is -0.977. The first-order chi connectivity index (χ1) is 18.4. The van der Waals surface area contributed by atoms with E-state index in [1.165, 1.54) is 18.2 Å². The van der Waals surface area contributed by atoms with Crippen molar-refractivity contribution in [2.45, 2.75) is 29.4 Å². The average Bonchev–Trinajstić information content (AvgIpc) is 2.89. The van der Waals surface area contributed by atoms with Gasteiger partial charge in [-0.05, 0) is 63.3 Å². The first-order valence-corrected chi connectivity index (χ1v) is 13.7. The summed E-state index contributed by atoms with van der Waals surface area (Å²) in [5, 5.41) is 34.3. The number of Topliss-reactive ketones (excluding diaryl/α,β-unsaturated/α-hetero) is 2. The third-order valence-electron chi connectivity index (χ3n) is 7.80. The van der Waals surface area contributed by atoms with E-state index < -0.39 is 56.7 Å². The second-order valence-corrected chi connectivity index (χ2v) is 11.8. The number of aliphatic hydroxyl groups is 3. The van der Waals surface area contributed by atoms with E-state index >= 15 is 0 Å². The van der Waals surface area contributed by atoms with Crippen molar-refractivity contribution >= 4 is 34.2 Å². The zero-order valence-corrected chi connectivity index (χ0v) is 22.2. The molecule has 0 saturated heterocycles. The van der Waals surface area contributed by atoms with Gasteiger partial charge in [0.25, 0.3) is 0 Å². The number of benzene rings is 2. The van der Waals surface area contributed by atoms with Gasteiger partial charge in [0.1, 0.15) is 16.4 Å². The highest BCUT2D eigenvalue weighted by atomic mass is 32.2. The van der Waals surface area contributed by atoms with Gasteiger partial charge in [-0.25, -0.2) is 0 Å². The molecule has 1 saturated carbocycles. The number of aliphatic imine (C=N–C) groups is 1. The van der Waals surface area contributed by atoms with Gasteiger partial charge < -0.3 is 19.5 Å². The molecule has 0 aromatic heterocycles. The van der Waals surface area contributed by atoms with Crippen LogP contribution in [0.4, 0.5) is 0 Å². The molecule has 2 aromatic carbocycles. The van der Waals surface area contributed by atoms with Crippen molar-refractivity contribution in [1.82, 2.24) is 4.90 Å². The Morgan fingerprint density at radius 1 is 1.10 bits per heavy atom. The molecule has 204 valence electrons. The van der Waals surface area contributed by atoms with E-state index in [1.54, 1.807) is 49.3 Å². The lowest BCUT2D eigenvalue weighted by Gasteiger charge is -2.50. The van der Waals surface area contributed by atoms with Crippen LogP contribution in [-0.4, -0.2) is 79.2 Å². The maximum absolute atomic E-state index is 14.0. The summed E-state index contributed by atoms with van der Waals surface area (Å²) in [6, 6.07) is 11.2. The molecule has 0 bridgehead atoms. The minimum atomic E-state index is -4.26. The second kappa shape index (κ2) is 9.44. The van der Waals surface area contributed by atoms with E-state index in [4.69, 9.17) is 4.18 Å². The summed E-state index contributed by atoms with van der Waals surface area (Å²) in [5.41, 5.74) is -2.31. The van der Waals surface area contributed by atoms with Gasteiger partial charge in [-0.2, -0.15) is 8.42 Å². The molecule has 11 heteroatoms. The van der Waals surface area contributed by atoms with Gasteiger partial charge in [0.15, 0.2) is 17.1 Å². The topological polar surface area (TPSA) is 154 Å². The molecule has 0 radical (unpaired) electrons. The molecule has 0 spiro atoms. The molecule has 0 unspecified atom stereocenters. The number of fused-ring (bicyclic) bond motifs is 3. The predicted molar refractivity (Wildman–Crippen MR) is 142 cm³/mol. The molecule has 0 aliphatic heterocycles. The number of aliphatic hydroxyl groups excluding tert-OH is 2. The van der Waals surface area contributed by atoms with Crippen LogP contribution in [0.2, 0.25) is 0 Å². The highest BCUT2D eigenvalue weighted by Gasteiger charge is 2.63. The molecule has 10 nitrogen and oxygen atoms in total. The molecular weight excluding hydrogens is 524 g/mol. The van der Waals surface area contributed by atoms with Gasteiger partial charge in [0, 0.05) is 11.5 Å². The van der Waals surface area contributed by atoms with Crippen LogP contribution >= 0.6 is 0 Å². The van der Waals surface area contributed by atoms with Crippen molar-refractivity contribution in [3.05, 3.63) is 76.6 Å². The Balaban J connectivity index is 1.65. The lowest BCUT2D eigenvalue weighted by molar-refractivity contribution is -0.153. The maximum Gasteiger partial charge on any atom is 0.339 e. The first kappa shape index (κ1) is 26.8. The van der Waals surface area contributed by atoms with Crippen LogP contribution in [0.1, 0.15) is 17.5 Å². The highest BCUT2D eigenvalue weighted by molar-refractivity contribution is 7.87. The SMILES string of the molecule is C=NCC1=C(O)[C@@]2(O)C(=O)C3=C(O)c4c(cccc4OS(=O)(=O)c4ccccc4)C[C@H]3C[C@H]2[C@H](N(C)C)C1=O. The lowest BCUT2D eigenvalue weighted by Crippen LogP contribution is -2.65. The summed E-state index contributed by atoms with van der Waals surface area (Å²) in [5.74, 6) is -4.52. The Labute approximate surface area is 225 Å². The normalized spacial score (nSPS) is 26.7. The van der Waals surface area contributed by atoms with Gasteiger partial charge in [0.05, 0.1) is 23.7 Å². The van der Waals surface area contributed by atoms with Gasteiger partial charge in [-0.1, -0.05) is 30.3 Å². The minimum absolute atomic E-state index is 0.0196. The van der Waals surface area contributed by atoms with Crippen LogP contribution in [0.25, 0.3) is 5.76 Å².